The predicted octanol–water partition coefficient (Wildman–Crippen LogP) is 4.00. The minimum Gasteiger partial charge on any atom is -0.493 e. The van der Waals surface area contributed by atoms with Crippen molar-refractivity contribution >= 4 is 11.8 Å². The molecule has 2 atom stereocenters. The Hall–Kier alpha value is -0.670. The lowest BCUT2D eigenvalue weighted by Crippen LogP contribution is -2.17. The molecule has 0 aromatic heterocycles. The quantitative estimate of drug-likeness (QED) is 0.767. The van der Waals surface area contributed by atoms with Gasteiger partial charge in [0.2, 0.25) is 0 Å². The van der Waals surface area contributed by atoms with Crippen LogP contribution in [0, 0.1) is 6.92 Å². The monoisotopic (exact) mass is 282 g/mol. The number of benzene rings is 1. The molecule has 0 saturated carbocycles. The molecule has 2 nitrogen and oxygen atoms in total. The maximum atomic E-state index is 9.39. The molecule has 0 bridgehead atoms. The van der Waals surface area contributed by atoms with E-state index in [0.29, 0.717) is 12.5 Å². The molecule has 0 amide bonds. The van der Waals surface area contributed by atoms with Crippen LogP contribution in [0.3, 0.4) is 0 Å². The van der Waals surface area contributed by atoms with E-state index in [2.05, 4.69) is 32.9 Å². The number of aliphatic hydroxyl groups excluding tert-OH is 1. The molecule has 0 heterocycles. The number of hydrogen-bond donors (Lipinski definition) is 1. The number of hydrogen-bond acceptors (Lipinski definition) is 3. The largest absolute Gasteiger partial charge is 0.493 e. The third-order valence-electron chi connectivity index (χ3n) is 3.28. The molecule has 1 aromatic rings. The summed E-state index contributed by atoms with van der Waals surface area (Å²) in [5.41, 5.74) is 2.67. The van der Waals surface area contributed by atoms with Crippen LogP contribution in [0.5, 0.6) is 5.75 Å². The fourth-order valence-corrected chi connectivity index (χ4v) is 2.75. The van der Waals surface area contributed by atoms with Crippen LogP contribution >= 0.6 is 11.8 Å². The summed E-state index contributed by atoms with van der Waals surface area (Å²) < 4.78 is 5.75. The molecule has 1 rings (SSSR count). The Bertz CT molecular complexity index is 388. The topological polar surface area (TPSA) is 29.5 Å². The van der Waals surface area contributed by atoms with Crippen LogP contribution in [0.1, 0.15) is 44.7 Å². The van der Waals surface area contributed by atoms with Gasteiger partial charge >= 0.3 is 0 Å². The van der Waals surface area contributed by atoms with E-state index >= 15 is 0 Å². The Balaban J connectivity index is 2.40. The second-order valence-corrected chi connectivity index (χ2v) is 6.82. The number of aliphatic hydroxyl groups is 1. The highest BCUT2D eigenvalue weighted by Crippen LogP contribution is 2.23. The molecule has 2 unspecified atom stereocenters. The SMILES string of the molecule is Cc1cc(OCCSC(C)C(C)O)ccc1C(C)C. The van der Waals surface area contributed by atoms with Gasteiger partial charge in [0.05, 0.1) is 12.7 Å². The van der Waals surface area contributed by atoms with Crippen molar-refractivity contribution in [1.29, 1.82) is 0 Å². The summed E-state index contributed by atoms with van der Waals surface area (Å²) in [6.07, 6.45) is -0.266. The number of ether oxygens (including phenoxy) is 1. The standard InChI is InChI=1S/C16H26O2S/c1-11(2)16-7-6-15(10-12(16)3)18-8-9-19-14(5)13(4)17/h6-7,10-11,13-14,17H,8-9H2,1-5H3. The van der Waals surface area contributed by atoms with Gasteiger partial charge in [-0.15, -0.1) is 0 Å². The van der Waals surface area contributed by atoms with E-state index < -0.39 is 0 Å². The fourth-order valence-electron chi connectivity index (χ4n) is 1.92. The van der Waals surface area contributed by atoms with Gasteiger partial charge in [-0.25, -0.2) is 0 Å². The summed E-state index contributed by atoms with van der Waals surface area (Å²) in [6, 6.07) is 6.31. The predicted molar refractivity (Wildman–Crippen MR) is 84.4 cm³/mol. The molecule has 1 aromatic carbocycles. The van der Waals surface area contributed by atoms with Crippen molar-refractivity contribution in [2.45, 2.75) is 51.9 Å². The maximum absolute atomic E-state index is 9.39. The first-order valence-electron chi connectivity index (χ1n) is 6.94. The molecule has 0 saturated heterocycles. The minimum atomic E-state index is -0.266. The summed E-state index contributed by atoms with van der Waals surface area (Å²) >= 11 is 1.74. The molecule has 0 aliphatic carbocycles. The van der Waals surface area contributed by atoms with Crippen LogP contribution in [0.25, 0.3) is 0 Å². The van der Waals surface area contributed by atoms with Gasteiger partial charge in [-0.2, -0.15) is 11.8 Å². The van der Waals surface area contributed by atoms with Gasteiger partial charge in [-0.1, -0.05) is 26.8 Å². The van der Waals surface area contributed by atoms with Gasteiger partial charge in [0, 0.05) is 11.0 Å². The minimum absolute atomic E-state index is 0.258. The molecular formula is C16H26O2S. The van der Waals surface area contributed by atoms with Crippen molar-refractivity contribution < 1.29 is 9.84 Å². The summed E-state index contributed by atoms with van der Waals surface area (Å²) in [6.45, 7) is 11.1. The summed E-state index contributed by atoms with van der Waals surface area (Å²) in [5.74, 6) is 2.39. The Morgan fingerprint density at radius 2 is 1.89 bits per heavy atom. The highest BCUT2D eigenvalue weighted by atomic mass is 32.2. The van der Waals surface area contributed by atoms with Crippen LogP contribution in [-0.2, 0) is 0 Å². The van der Waals surface area contributed by atoms with Crippen LogP contribution in [0.4, 0.5) is 0 Å². The van der Waals surface area contributed by atoms with E-state index in [4.69, 9.17) is 4.74 Å². The van der Waals surface area contributed by atoms with E-state index in [1.54, 1.807) is 11.8 Å². The van der Waals surface area contributed by atoms with E-state index in [0.717, 1.165) is 11.5 Å². The number of rotatable bonds is 7. The molecule has 0 aliphatic rings. The first-order chi connectivity index (χ1) is 8.91. The van der Waals surface area contributed by atoms with Gasteiger partial charge in [0.25, 0.3) is 0 Å². The Morgan fingerprint density at radius 3 is 2.42 bits per heavy atom. The highest BCUT2D eigenvalue weighted by Gasteiger charge is 2.09. The van der Waals surface area contributed by atoms with Gasteiger partial charge in [-0.3, -0.25) is 0 Å². The number of thioether (sulfide) groups is 1. The van der Waals surface area contributed by atoms with Crippen LogP contribution < -0.4 is 4.74 Å². The second kappa shape index (κ2) is 7.81. The maximum Gasteiger partial charge on any atom is 0.119 e. The average molecular weight is 282 g/mol. The van der Waals surface area contributed by atoms with Crippen molar-refractivity contribution in [2.24, 2.45) is 0 Å². The summed E-state index contributed by atoms with van der Waals surface area (Å²) in [7, 11) is 0. The number of aryl methyl sites for hydroxylation is 1. The second-order valence-electron chi connectivity index (χ2n) is 5.34. The zero-order chi connectivity index (χ0) is 14.4. The molecule has 1 N–H and O–H groups in total. The average Bonchev–Trinajstić information content (AvgIpc) is 2.33. The van der Waals surface area contributed by atoms with Gasteiger partial charge in [0.1, 0.15) is 5.75 Å². The first-order valence-corrected chi connectivity index (χ1v) is 7.99. The lowest BCUT2D eigenvalue weighted by atomic mass is 9.98. The molecule has 0 aliphatic heterocycles. The zero-order valence-electron chi connectivity index (χ0n) is 12.6. The lowest BCUT2D eigenvalue weighted by molar-refractivity contribution is 0.196. The van der Waals surface area contributed by atoms with E-state index in [1.807, 2.05) is 19.9 Å². The first kappa shape index (κ1) is 16.4. The van der Waals surface area contributed by atoms with E-state index in [-0.39, 0.29) is 11.4 Å². The van der Waals surface area contributed by atoms with Gasteiger partial charge in [-0.05, 0) is 43.0 Å². The molecule has 0 fully saturated rings. The zero-order valence-corrected chi connectivity index (χ0v) is 13.5. The fraction of sp³-hybridized carbons (Fsp3) is 0.625. The van der Waals surface area contributed by atoms with Gasteiger partial charge < -0.3 is 9.84 Å². The Morgan fingerprint density at radius 1 is 1.21 bits per heavy atom. The van der Waals surface area contributed by atoms with Crippen molar-refractivity contribution in [3.05, 3.63) is 29.3 Å². The van der Waals surface area contributed by atoms with Crippen molar-refractivity contribution in [1.82, 2.24) is 0 Å². The van der Waals surface area contributed by atoms with Crippen molar-refractivity contribution in [3.63, 3.8) is 0 Å². The highest BCUT2D eigenvalue weighted by molar-refractivity contribution is 7.99. The molecule has 0 spiro atoms. The Labute approximate surface area is 121 Å². The molecule has 108 valence electrons. The van der Waals surface area contributed by atoms with E-state index in [9.17, 15) is 5.11 Å². The summed E-state index contributed by atoms with van der Waals surface area (Å²) in [4.78, 5) is 0. The van der Waals surface area contributed by atoms with Gasteiger partial charge in [0.15, 0.2) is 0 Å². The van der Waals surface area contributed by atoms with Crippen LogP contribution in [0.2, 0.25) is 0 Å². The molecular weight excluding hydrogens is 256 g/mol. The molecule has 3 heteroatoms. The third kappa shape index (κ3) is 5.45. The third-order valence-corrected chi connectivity index (χ3v) is 4.60. The smallest absolute Gasteiger partial charge is 0.119 e. The molecule has 0 radical (unpaired) electrons. The van der Waals surface area contributed by atoms with Crippen LogP contribution in [-0.4, -0.2) is 28.8 Å². The van der Waals surface area contributed by atoms with Crippen molar-refractivity contribution in [2.75, 3.05) is 12.4 Å². The van der Waals surface area contributed by atoms with Crippen molar-refractivity contribution in [3.8, 4) is 5.75 Å². The Kier molecular flexibility index (Phi) is 6.73. The lowest BCUT2D eigenvalue weighted by Gasteiger charge is -2.15. The van der Waals surface area contributed by atoms with Crippen LogP contribution in [0.15, 0.2) is 18.2 Å². The van der Waals surface area contributed by atoms with E-state index in [1.165, 1.54) is 11.1 Å². The molecule has 19 heavy (non-hydrogen) atoms. The normalized spacial score (nSPS) is 14.5. The summed E-state index contributed by atoms with van der Waals surface area (Å²) in [5, 5.41) is 9.65.